The molecule has 0 aromatic heterocycles. The van der Waals surface area contributed by atoms with Crippen molar-refractivity contribution in [1.29, 1.82) is 0 Å². The Morgan fingerprint density at radius 1 is 1.07 bits per heavy atom. The number of ether oxygens (including phenoxy) is 2. The molecule has 0 unspecified atom stereocenters. The van der Waals surface area contributed by atoms with Crippen molar-refractivity contribution in [2.45, 2.75) is 6.54 Å². The van der Waals surface area contributed by atoms with E-state index in [9.17, 15) is 9.59 Å². The average molecular weight is 384 g/mol. The summed E-state index contributed by atoms with van der Waals surface area (Å²) in [5.74, 6) is 0.386. The third-order valence-electron chi connectivity index (χ3n) is 4.66. The van der Waals surface area contributed by atoms with E-state index < -0.39 is 6.61 Å². The highest BCUT2D eigenvalue weighted by Gasteiger charge is 2.24. The zero-order chi connectivity index (χ0) is 19.9. The van der Waals surface area contributed by atoms with Gasteiger partial charge >= 0.3 is 6.03 Å². The van der Waals surface area contributed by atoms with Crippen LogP contribution in [0.25, 0.3) is 0 Å². The quantitative estimate of drug-likeness (QED) is 0.774. The Hall–Kier alpha value is -2.90. The number of benzene rings is 2. The number of rotatable bonds is 6. The fourth-order valence-corrected chi connectivity index (χ4v) is 3.03. The van der Waals surface area contributed by atoms with Crippen LogP contribution in [-0.4, -0.2) is 61.8 Å². The van der Waals surface area contributed by atoms with Crippen molar-refractivity contribution in [2.75, 3.05) is 44.9 Å². The second-order valence-corrected chi connectivity index (χ2v) is 6.44. The number of Topliss-reactive ketones (excluding diaryl/α,β-unsaturated/α-hetero) is 1. The van der Waals surface area contributed by atoms with Gasteiger partial charge in [-0.1, -0.05) is 24.3 Å². The maximum absolute atomic E-state index is 13.2. The highest BCUT2D eigenvalue weighted by Crippen LogP contribution is 2.23. The monoisotopic (exact) mass is 384 g/mol. The van der Waals surface area contributed by atoms with Gasteiger partial charge in [0.25, 0.3) is 0 Å². The van der Waals surface area contributed by atoms with Crippen molar-refractivity contribution in [1.82, 2.24) is 4.90 Å². The van der Waals surface area contributed by atoms with Crippen LogP contribution in [-0.2, 0) is 11.3 Å². The van der Waals surface area contributed by atoms with Gasteiger partial charge in [0.05, 0.1) is 26.9 Å². The van der Waals surface area contributed by atoms with Gasteiger partial charge in [-0.2, -0.15) is 0 Å². The van der Waals surface area contributed by atoms with Gasteiger partial charge in [-0.05, 0) is 29.8 Å². The fourth-order valence-electron chi connectivity index (χ4n) is 3.03. The Balaban J connectivity index is 1.84. The lowest BCUT2D eigenvalue weighted by atomic mass is 10.1. The molecule has 1 heterocycles. The molecule has 28 heavy (non-hydrogen) atoms. The molecule has 1 saturated heterocycles. The Bertz CT molecular complexity index is 799. The highest BCUT2D eigenvalue weighted by molar-refractivity contribution is 5.97. The molecule has 2 aromatic carbocycles. The fraction of sp³-hybridized carbons (Fsp3) is 0.333. The lowest BCUT2D eigenvalue weighted by Gasteiger charge is -2.33. The average Bonchev–Trinajstić information content (AvgIpc) is 2.77. The van der Waals surface area contributed by atoms with Gasteiger partial charge in [-0.3, -0.25) is 9.69 Å². The lowest BCUT2D eigenvalue weighted by molar-refractivity contribution is 0.0548. The van der Waals surface area contributed by atoms with Crippen molar-refractivity contribution in [2.24, 2.45) is 0 Å². The normalized spacial score (nSPS) is 13.9. The van der Waals surface area contributed by atoms with Crippen LogP contribution < -0.4 is 9.64 Å². The maximum Gasteiger partial charge on any atom is 0.324 e. The molecule has 1 N–H and O–H groups in total. The molecular formula is C21H24N2O5. The Morgan fingerprint density at radius 3 is 2.29 bits per heavy atom. The molecule has 1 aliphatic rings. The number of aliphatic hydroxyl groups is 1. The molecule has 0 saturated carbocycles. The van der Waals surface area contributed by atoms with Crippen molar-refractivity contribution in [3.8, 4) is 5.75 Å². The van der Waals surface area contributed by atoms with E-state index in [4.69, 9.17) is 14.6 Å². The molecule has 0 atom stereocenters. The predicted octanol–water partition coefficient (Wildman–Crippen LogP) is 2.33. The number of hydrogen-bond acceptors (Lipinski definition) is 5. The smallest absolute Gasteiger partial charge is 0.324 e. The number of morpholine rings is 1. The molecule has 0 aliphatic carbocycles. The van der Waals surface area contributed by atoms with Gasteiger partial charge in [0.15, 0.2) is 5.78 Å². The van der Waals surface area contributed by atoms with Crippen LogP contribution in [0.15, 0.2) is 48.5 Å². The molecule has 0 radical (unpaired) electrons. The minimum Gasteiger partial charge on any atom is -0.497 e. The predicted molar refractivity (Wildman–Crippen MR) is 105 cm³/mol. The van der Waals surface area contributed by atoms with E-state index in [-0.39, 0.29) is 11.8 Å². The standard InChI is InChI=1S/C21H24N2O5/c1-27-19-8-6-18(7-9-19)23(21(26)22-10-12-28-13-11-22)14-16-2-4-17(5-3-16)20(25)15-24/h2-9,24H,10-15H2,1H3. The van der Waals surface area contributed by atoms with E-state index in [1.807, 2.05) is 24.3 Å². The summed E-state index contributed by atoms with van der Waals surface area (Å²) in [6.45, 7) is 1.99. The second-order valence-electron chi connectivity index (χ2n) is 6.44. The van der Waals surface area contributed by atoms with Crippen LogP contribution in [0.3, 0.4) is 0 Å². The van der Waals surface area contributed by atoms with Crippen LogP contribution in [0.4, 0.5) is 10.5 Å². The van der Waals surface area contributed by atoms with Crippen LogP contribution >= 0.6 is 0 Å². The number of nitrogens with zero attached hydrogens (tertiary/aromatic N) is 2. The van der Waals surface area contributed by atoms with Crippen molar-refractivity contribution in [3.63, 3.8) is 0 Å². The lowest BCUT2D eigenvalue weighted by Crippen LogP contribution is -2.48. The first-order chi connectivity index (χ1) is 13.6. The summed E-state index contributed by atoms with van der Waals surface area (Å²) in [4.78, 5) is 28.2. The van der Waals surface area contributed by atoms with Crippen LogP contribution in [0, 0.1) is 0 Å². The number of aliphatic hydroxyl groups excluding tert-OH is 1. The summed E-state index contributed by atoms with van der Waals surface area (Å²) < 4.78 is 10.6. The molecule has 148 valence electrons. The number of hydrogen-bond donors (Lipinski definition) is 1. The molecule has 3 rings (SSSR count). The van der Waals surface area contributed by atoms with Crippen LogP contribution in [0.5, 0.6) is 5.75 Å². The summed E-state index contributed by atoms with van der Waals surface area (Å²) in [5, 5.41) is 8.98. The van der Waals surface area contributed by atoms with Crippen LogP contribution in [0.1, 0.15) is 15.9 Å². The summed E-state index contributed by atoms with van der Waals surface area (Å²) in [7, 11) is 1.60. The summed E-state index contributed by atoms with van der Waals surface area (Å²) in [6, 6.07) is 14.2. The van der Waals surface area contributed by atoms with E-state index in [0.29, 0.717) is 38.4 Å². The molecule has 1 fully saturated rings. The first-order valence-corrected chi connectivity index (χ1v) is 9.13. The largest absolute Gasteiger partial charge is 0.497 e. The topological polar surface area (TPSA) is 79.3 Å². The second kappa shape index (κ2) is 9.34. The van der Waals surface area contributed by atoms with Gasteiger partial charge in [-0.15, -0.1) is 0 Å². The van der Waals surface area contributed by atoms with Gasteiger partial charge in [-0.25, -0.2) is 4.79 Å². The summed E-state index contributed by atoms with van der Waals surface area (Å²) in [6.07, 6.45) is 0. The third-order valence-corrected chi connectivity index (χ3v) is 4.66. The van der Waals surface area contributed by atoms with E-state index in [0.717, 1.165) is 17.0 Å². The van der Waals surface area contributed by atoms with Gasteiger partial charge in [0.1, 0.15) is 12.4 Å². The van der Waals surface area contributed by atoms with Crippen LogP contribution in [0.2, 0.25) is 0 Å². The van der Waals surface area contributed by atoms with E-state index in [1.165, 1.54) is 0 Å². The number of amides is 2. The van der Waals surface area contributed by atoms with Gasteiger partial charge in [0, 0.05) is 24.3 Å². The first kappa shape index (κ1) is 19.9. The summed E-state index contributed by atoms with van der Waals surface area (Å²) in [5.41, 5.74) is 2.08. The number of anilines is 1. The minimum atomic E-state index is -0.521. The molecule has 0 bridgehead atoms. The van der Waals surface area contributed by atoms with E-state index in [1.54, 1.807) is 41.2 Å². The van der Waals surface area contributed by atoms with E-state index in [2.05, 4.69) is 0 Å². The van der Waals surface area contributed by atoms with Gasteiger partial charge in [0.2, 0.25) is 0 Å². The zero-order valence-corrected chi connectivity index (χ0v) is 15.8. The minimum absolute atomic E-state index is 0.0935. The Labute approximate surface area is 164 Å². The zero-order valence-electron chi connectivity index (χ0n) is 15.8. The molecule has 7 nitrogen and oxygen atoms in total. The highest BCUT2D eigenvalue weighted by atomic mass is 16.5. The van der Waals surface area contributed by atoms with Crippen molar-refractivity contribution in [3.05, 3.63) is 59.7 Å². The number of methoxy groups -OCH3 is 1. The molecule has 2 amide bonds. The van der Waals surface area contributed by atoms with E-state index >= 15 is 0 Å². The molecule has 7 heteroatoms. The molecule has 1 aliphatic heterocycles. The number of carbonyl (C=O) groups is 2. The van der Waals surface area contributed by atoms with Crippen molar-refractivity contribution < 1.29 is 24.2 Å². The van der Waals surface area contributed by atoms with Gasteiger partial charge < -0.3 is 19.5 Å². The first-order valence-electron chi connectivity index (χ1n) is 9.13. The number of carbonyl (C=O) groups excluding carboxylic acids is 2. The Kier molecular flexibility index (Phi) is 6.62. The SMILES string of the molecule is COc1ccc(N(Cc2ccc(C(=O)CO)cc2)C(=O)N2CCOCC2)cc1. The summed E-state index contributed by atoms with van der Waals surface area (Å²) >= 11 is 0. The third kappa shape index (κ3) is 4.68. The van der Waals surface area contributed by atoms with Crippen molar-refractivity contribution >= 4 is 17.5 Å². The molecule has 0 spiro atoms. The maximum atomic E-state index is 13.2. The molecule has 2 aromatic rings. The Morgan fingerprint density at radius 2 is 1.71 bits per heavy atom. The number of ketones is 1. The molecular weight excluding hydrogens is 360 g/mol. The number of urea groups is 1.